The Morgan fingerprint density at radius 2 is 1.68 bits per heavy atom. The van der Waals surface area contributed by atoms with Crippen LogP contribution in [0.4, 0.5) is 18.3 Å². The first-order valence-electron chi connectivity index (χ1n) is 9.95. The van der Waals surface area contributed by atoms with E-state index >= 15 is 0 Å². The predicted octanol–water partition coefficient (Wildman–Crippen LogP) is 4.26. The van der Waals surface area contributed by atoms with Crippen molar-refractivity contribution < 1.29 is 37.0 Å². The average Bonchev–Trinajstić information content (AvgIpc) is 3.38. The number of nitrogens with zero attached hydrogens (tertiary/aromatic N) is 3. The molecule has 0 fully saturated rings. The summed E-state index contributed by atoms with van der Waals surface area (Å²) in [6.45, 7) is 4.84. The van der Waals surface area contributed by atoms with Crippen LogP contribution in [0, 0.1) is 6.92 Å². The molecule has 2 heterocycles. The van der Waals surface area contributed by atoms with E-state index in [9.17, 15) is 27.6 Å². The van der Waals surface area contributed by atoms with Crippen LogP contribution in [0.1, 0.15) is 55.6 Å². The smallest absolute Gasteiger partial charge is 0.434 e. The van der Waals surface area contributed by atoms with Gasteiger partial charge in [-0.05, 0) is 45.0 Å². The molecule has 0 atom stereocenters. The number of nitrogens with one attached hydrogen (secondary N) is 1. The zero-order chi connectivity index (χ0) is 25.0. The lowest BCUT2D eigenvalue weighted by molar-refractivity contribution is -0.143. The van der Waals surface area contributed by atoms with E-state index in [1.54, 1.807) is 13.8 Å². The molecule has 9 nitrogen and oxygen atoms in total. The van der Waals surface area contributed by atoms with Crippen LogP contribution < -0.4 is 5.32 Å². The first-order valence-corrected chi connectivity index (χ1v) is 10.8. The summed E-state index contributed by atoms with van der Waals surface area (Å²) in [6.07, 6.45) is -4.10. The van der Waals surface area contributed by atoms with Gasteiger partial charge in [-0.25, -0.2) is 19.3 Å². The fourth-order valence-electron chi connectivity index (χ4n) is 2.93. The van der Waals surface area contributed by atoms with Gasteiger partial charge in [-0.3, -0.25) is 10.1 Å². The van der Waals surface area contributed by atoms with Crippen molar-refractivity contribution in [2.24, 2.45) is 0 Å². The highest BCUT2D eigenvalue weighted by atomic mass is 32.1. The van der Waals surface area contributed by atoms with Gasteiger partial charge in [0.25, 0.3) is 5.91 Å². The van der Waals surface area contributed by atoms with E-state index in [4.69, 9.17) is 4.74 Å². The maximum atomic E-state index is 13.6. The molecule has 180 valence electrons. The quantitative estimate of drug-likeness (QED) is 0.487. The molecule has 0 saturated heterocycles. The number of hydrogen-bond acceptors (Lipinski definition) is 8. The molecule has 2 aromatic heterocycles. The number of carbonyl (C=O) groups is 3. The van der Waals surface area contributed by atoms with Crippen molar-refractivity contribution in [3.05, 3.63) is 57.9 Å². The lowest BCUT2D eigenvalue weighted by atomic mass is 10.2. The van der Waals surface area contributed by atoms with Gasteiger partial charge in [-0.15, -0.1) is 0 Å². The van der Waals surface area contributed by atoms with Crippen LogP contribution in [-0.2, 0) is 15.7 Å². The number of aromatic nitrogens is 3. The predicted molar refractivity (Wildman–Crippen MR) is 115 cm³/mol. The van der Waals surface area contributed by atoms with Crippen molar-refractivity contribution in [3.63, 3.8) is 0 Å². The minimum Gasteiger partial charge on any atom is -0.462 e. The maximum Gasteiger partial charge on any atom is 0.434 e. The summed E-state index contributed by atoms with van der Waals surface area (Å²) in [5.74, 6) is -2.28. The Hall–Kier alpha value is -3.74. The molecule has 13 heteroatoms. The Kier molecular flexibility index (Phi) is 7.35. The van der Waals surface area contributed by atoms with E-state index in [1.165, 1.54) is 31.2 Å². The van der Waals surface area contributed by atoms with E-state index in [0.717, 1.165) is 17.5 Å². The Morgan fingerprint density at radius 1 is 1.06 bits per heavy atom. The summed E-state index contributed by atoms with van der Waals surface area (Å²) in [7, 11) is 0. The standard InChI is InChI=1S/C21H19F3N4O5S/c1-4-32-18(30)14-10-25-28(16(14)21(22,23)24)13-8-6-12(7-9-13)17(29)27-20-26-11(3)15(34-20)19(31)33-5-2/h6-10H,4-5H2,1-3H3,(H,26,27,29). The van der Waals surface area contributed by atoms with Gasteiger partial charge in [0.1, 0.15) is 10.4 Å². The van der Waals surface area contributed by atoms with E-state index in [2.05, 4.69) is 20.1 Å². The van der Waals surface area contributed by atoms with Crippen molar-refractivity contribution in [1.82, 2.24) is 14.8 Å². The molecule has 3 aromatic rings. The average molecular weight is 496 g/mol. The molecule has 0 bridgehead atoms. The summed E-state index contributed by atoms with van der Waals surface area (Å²) in [5.41, 5.74) is -1.50. The molecular weight excluding hydrogens is 477 g/mol. The van der Waals surface area contributed by atoms with Crippen LogP contribution in [0.3, 0.4) is 0 Å². The third kappa shape index (κ3) is 5.25. The number of alkyl halides is 3. The van der Waals surface area contributed by atoms with Gasteiger partial charge < -0.3 is 9.47 Å². The summed E-state index contributed by atoms with van der Waals surface area (Å²) < 4.78 is 51.1. The second kappa shape index (κ2) is 10.0. The zero-order valence-electron chi connectivity index (χ0n) is 18.2. The summed E-state index contributed by atoms with van der Waals surface area (Å²) in [4.78, 5) is 40.7. The van der Waals surface area contributed by atoms with Gasteiger partial charge in [0.05, 0.1) is 30.8 Å². The van der Waals surface area contributed by atoms with Gasteiger partial charge >= 0.3 is 18.1 Å². The van der Waals surface area contributed by atoms with Gasteiger partial charge in [0, 0.05) is 5.56 Å². The number of thiazole rings is 1. The largest absolute Gasteiger partial charge is 0.462 e. The van der Waals surface area contributed by atoms with Crippen molar-refractivity contribution >= 4 is 34.3 Å². The number of esters is 2. The van der Waals surface area contributed by atoms with Crippen LogP contribution in [-0.4, -0.2) is 45.8 Å². The Labute approximate surface area is 195 Å². The fraction of sp³-hybridized carbons (Fsp3) is 0.286. The molecule has 0 aliphatic rings. The fourth-order valence-corrected chi connectivity index (χ4v) is 3.79. The number of ether oxygens (including phenoxy) is 2. The number of carbonyl (C=O) groups excluding carboxylic acids is 3. The molecule has 0 aliphatic heterocycles. The highest BCUT2D eigenvalue weighted by molar-refractivity contribution is 7.17. The molecule has 0 aliphatic carbocycles. The first-order chi connectivity index (χ1) is 16.1. The second-order valence-corrected chi connectivity index (χ2v) is 7.69. The summed E-state index contributed by atoms with van der Waals surface area (Å²) in [6, 6.07) is 5.10. The minimum absolute atomic E-state index is 0.0193. The molecule has 34 heavy (non-hydrogen) atoms. The SMILES string of the molecule is CCOC(=O)c1cnn(-c2ccc(C(=O)Nc3nc(C)c(C(=O)OCC)s3)cc2)c1C(F)(F)F. The molecule has 0 unspecified atom stereocenters. The third-order valence-electron chi connectivity index (χ3n) is 4.39. The van der Waals surface area contributed by atoms with Crippen LogP contribution in [0.15, 0.2) is 30.5 Å². The molecule has 1 aromatic carbocycles. The summed E-state index contributed by atoms with van der Waals surface area (Å²) in [5, 5.41) is 6.39. The molecule has 0 spiro atoms. The number of hydrogen-bond donors (Lipinski definition) is 1. The maximum absolute atomic E-state index is 13.6. The highest BCUT2D eigenvalue weighted by Gasteiger charge is 2.41. The van der Waals surface area contributed by atoms with Gasteiger partial charge in [0.2, 0.25) is 0 Å². The molecule has 0 radical (unpaired) electrons. The number of amides is 1. The number of anilines is 1. The van der Waals surface area contributed by atoms with E-state index in [-0.39, 0.29) is 34.5 Å². The van der Waals surface area contributed by atoms with Crippen LogP contribution >= 0.6 is 11.3 Å². The minimum atomic E-state index is -4.88. The van der Waals surface area contributed by atoms with E-state index in [0.29, 0.717) is 10.4 Å². The monoisotopic (exact) mass is 496 g/mol. The number of aryl methyl sites for hydroxylation is 1. The number of halogens is 3. The van der Waals surface area contributed by atoms with E-state index in [1.807, 2.05) is 0 Å². The van der Waals surface area contributed by atoms with Crippen LogP contribution in [0.5, 0.6) is 0 Å². The Bertz CT molecular complexity index is 1220. The first kappa shape index (κ1) is 24.9. The summed E-state index contributed by atoms with van der Waals surface area (Å²) >= 11 is 0.944. The van der Waals surface area contributed by atoms with Crippen molar-refractivity contribution in [1.29, 1.82) is 0 Å². The van der Waals surface area contributed by atoms with Crippen LogP contribution in [0.25, 0.3) is 5.69 Å². The van der Waals surface area contributed by atoms with Gasteiger partial charge in [0.15, 0.2) is 10.8 Å². The van der Waals surface area contributed by atoms with Crippen molar-refractivity contribution in [2.75, 3.05) is 18.5 Å². The highest BCUT2D eigenvalue weighted by Crippen LogP contribution is 2.34. The third-order valence-corrected chi connectivity index (χ3v) is 5.44. The van der Waals surface area contributed by atoms with E-state index < -0.39 is 35.3 Å². The lowest BCUT2D eigenvalue weighted by Gasteiger charge is -2.12. The molecular formula is C21H19F3N4O5S. The second-order valence-electron chi connectivity index (χ2n) is 6.69. The lowest BCUT2D eigenvalue weighted by Crippen LogP contribution is -2.18. The molecule has 1 amide bonds. The Balaban J connectivity index is 1.83. The van der Waals surface area contributed by atoms with Crippen molar-refractivity contribution in [2.45, 2.75) is 26.9 Å². The number of rotatable bonds is 7. The molecule has 1 N–H and O–H groups in total. The van der Waals surface area contributed by atoms with Crippen LogP contribution in [0.2, 0.25) is 0 Å². The zero-order valence-corrected chi connectivity index (χ0v) is 19.0. The number of benzene rings is 1. The topological polar surface area (TPSA) is 112 Å². The molecule has 0 saturated carbocycles. The molecule has 3 rings (SSSR count). The Morgan fingerprint density at radius 3 is 2.26 bits per heavy atom. The van der Waals surface area contributed by atoms with Gasteiger partial charge in [-0.2, -0.15) is 18.3 Å². The normalized spacial score (nSPS) is 11.2. The van der Waals surface area contributed by atoms with Gasteiger partial charge in [-0.1, -0.05) is 11.3 Å². The van der Waals surface area contributed by atoms with Crippen molar-refractivity contribution in [3.8, 4) is 5.69 Å².